The van der Waals surface area contributed by atoms with Crippen LogP contribution in [0.3, 0.4) is 0 Å². The van der Waals surface area contributed by atoms with Crippen LogP contribution < -0.4 is 0 Å². The van der Waals surface area contributed by atoms with Gasteiger partial charge in [-0.3, -0.25) is 4.79 Å². The van der Waals surface area contributed by atoms with Gasteiger partial charge in [-0.15, -0.1) is 0 Å². The molecule has 0 aromatic rings. The number of aliphatic carboxylic acids is 1. The van der Waals surface area contributed by atoms with Crippen molar-refractivity contribution >= 4 is 5.97 Å². The Labute approximate surface area is 78.5 Å². The number of hydrogen-bond donors (Lipinski definition) is 1. The molecule has 4 nitrogen and oxygen atoms in total. The number of carboxylic acids is 1. The molecule has 1 saturated heterocycles. The number of carbonyl (C=O) groups is 1. The maximum atomic E-state index is 10.6. The van der Waals surface area contributed by atoms with Crippen molar-refractivity contribution in [1.29, 1.82) is 0 Å². The van der Waals surface area contributed by atoms with Crippen molar-refractivity contribution < 1.29 is 14.6 Å². The SMILES string of the molecule is CN(C)C(CC(=O)O)C1CCCO1. The molecule has 4 heteroatoms. The molecule has 2 atom stereocenters. The summed E-state index contributed by atoms with van der Waals surface area (Å²) in [5.41, 5.74) is 0. The first kappa shape index (κ1) is 10.5. The second-order valence-corrected chi connectivity index (χ2v) is 3.68. The average molecular weight is 187 g/mol. The summed E-state index contributed by atoms with van der Waals surface area (Å²) in [6, 6.07) is 0.0139. The summed E-state index contributed by atoms with van der Waals surface area (Å²) in [5, 5.41) is 8.71. The van der Waals surface area contributed by atoms with Gasteiger partial charge < -0.3 is 14.7 Å². The van der Waals surface area contributed by atoms with E-state index in [1.165, 1.54) is 0 Å². The minimum atomic E-state index is -0.755. The van der Waals surface area contributed by atoms with E-state index in [1.54, 1.807) is 0 Å². The molecule has 0 aromatic heterocycles. The van der Waals surface area contributed by atoms with E-state index in [1.807, 2.05) is 19.0 Å². The van der Waals surface area contributed by atoms with Gasteiger partial charge in [-0.25, -0.2) is 0 Å². The summed E-state index contributed by atoms with van der Waals surface area (Å²) >= 11 is 0. The molecule has 0 spiro atoms. The van der Waals surface area contributed by atoms with E-state index in [2.05, 4.69) is 0 Å². The Kier molecular flexibility index (Phi) is 3.69. The first-order chi connectivity index (χ1) is 6.11. The number of ether oxygens (including phenoxy) is 1. The summed E-state index contributed by atoms with van der Waals surface area (Å²) in [6.45, 7) is 0.772. The number of rotatable bonds is 4. The molecule has 1 aliphatic heterocycles. The highest BCUT2D eigenvalue weighted by molar-refractivity contribution is 5.67. The number of likely N-dealkylation sites (N-methyl/N-ethyl adjacent to an activating group) is 1. The second-order valence-electron chi connectivity index (χ2n) is 3.68. The Hall–Kier alpha value is -0.610. The van der Waals surface area contributed by atoms with Crippen LogP contribution in [0.15, 0.2) is 0 Å². The normalized spacial score (nSPS) is 25.0. The van der Waals surface area contributed by atoms with Crippen molar-refractivity contribution in [1.82, 2.24) is 4.90 Å². The van der Waals surface area contributed by atoms with Gasteiger partial charge >= 0.3 is 5.97 Å². The predicted octanol–water partition coefficient (Wildman–Crippen LogP) is 0.570. The maximum Gasteiger partial charge on any atom is 0.305 e. The van der Waals surface area contributed by atoms with Crippen molar-refractivity contribution in [3.63, 3.8) is 0 Å². The van der Waals surface area contributed by atoms with Gasteiger partial charge in [0.1, 0.15) is 0 Å². The minimum absolute atomic E-state index is 0.0139. The zero-order valence-electron chi connectivity index (χ0n) is 8.19. The predicted molar refractivity (Wildman–Crippen MR) is 48.7 cm³/mol. The highest BCUT2D eigenvalue weighted by Gasteiger charge is 2.29. The molecule has 0 aliphatic carbocycles. The van der Waals surface area contributed by atoms with Gasteiger partial charge in [0.15, 0.2) is 0 Å². The zero-order valence-corrected chi connectivity index (χ0v) is 8.19. The van der Waals surface area contributed by atoms with Crippen LogP contribution in [0.5, 0.6) is 0 Å². The largest absolute Gasteiger partial charge is 0.481 e. The molecular formula is C9H17NO3. The fourth-order valence-corrected chi connectivity index (χ4v) is 1.73. The first-order valence-electron chi connectivity index (χ1n) is 4.61. The monoisotopic (exact) mass is 187 g/mol. The van der Waals surface area contributed by atoms with E-state index < -0.39 is 5.97 Å². The van der Waals surface area contributed by atoms with Crippen LogP contribution >= 0.6 is 0 Å². The van der Waals surface area contributed by atoms with Gasteiger partial charge in [-0.2, -0.15) is 0 Å². The Morgan fingerprint density at radius 3 is 2.77 bits per heavy atom. The third-order valence-corrected chi connectivity index (χ3v) is 2.44. The third-order valence-electron chi connectivity index (χ3n) is 2.44. The second kappa shape index (κ2) is 4.58. The van der Waals surface area contributed by atoms with E-state index in [-0.39, 0.29) is 18.6 Å². The quantitative estimate of drug-likeness (QED) is 0.699. The van der Waals surface area contributed by atoms with Crippen molar-refractivity contribution in [2.45, 2.75) is 31.4 Å². The molecule has 1 rings (SSSR count). The van der Waals surface area contributed by atoms with Gasteiger partial charge in [-0.05, 0) is 26.9 Å². The van der Waals surface area contributed by atoms with Crippen molar-refractivity contribution in [3.8, 4) is 0 Å². The van der Waals surface area contributed by atoms with E-state index in [9.17, 15) is 4.79 Å². The van der Waals surface area contributed by atoms with E-state index in [4.69, 9.17) is 9.84 Å². The molecule has 0 aromatic carbocycles. The van der Waals surface area contributed by atoms with Crippen LogP contribution in [0.4, 0.5) is 0 Å². The van der Waals surface area contributed by atoms with Crippen LogP contribution in [-0.2, 0) is 9.53 Å². The highest BCUT2D eigenvalue weighted by Crippen LogP contribution is 2.20. The number of hydrogen-bond acceptors (Lipinski definition) is 3. The Morgan fingerprint density at radius 2 is 2.38 bits per heavy atom. The van der Waals surface area contributed by atoms with Crippen LogP contribution in [0.1, 0.15) is 19.3 Å². The van der Waals surface area contributed by atoms with Gasteiger partial charge in [0.25, 0.3) is 0 Å². The zero-order chi connectivity index (χ0) is 9.84. The summed E-state index contributed by atoms with van der Waals surface area (Å²) in [7, 11) is 3.80. The molecule has 0 bridgehead atoms. The lowest BCUT2D eigenvalue weighted by molar-refractivity contribution is -0.139. The van der Waals surface area contributed by atoms with Crippen molar-refractivity contribution in [2.75, 3.05) is 20.7 Å². The van der Waals surface area contributed by atoms with Crippen LogP contribution in [0.25, 0.3) is 0 Å². The number of nitrogens with zero attached hydrogens (tertiary/aromatic N) is 1. The molecule has 0 amide bonds. The Balaban J connectivity index is 2.50. The van der Waals surface area contributed by atoms with E-state index >= 15 is 0 Å². The summed E-state index contributed by atoms with van der Waals surface area (Å²) in [4.78, 5) is 12.5. The van der Waals surface area contributed by atoms with E-state index in [0.29, 0.717) is 0 Å². The molecule has 2 unspecified atom stereocenters. The van der Waals surface area contributed by atoms with Crippen molar-refractivity contribution in [3.05, 3.63) is 0 Å². The van der Waals surface area contributed by atoms with Crippen LogP contribution in [-0.4, -0.2) is 48.8 Å². The lowest BCUT2D eigenvalue weighted by atomic mass is 10.0. The van der Waals surface area contributed by atoms with Gasteiger partial charge in [0.2, 0.25) is 0 Å². The van der Waals surface area contributed by atoms with Gasteiger partial charge in [-0.1, -0.05) is 0 Å². The fourth-order valence-electron chi connectivity index (χ4n) is 1.73. The van der Waals surface area contributed by atoms with E-state index in [0.717, 1.165) is 19.4 Å². The van der Waals surface area contributed by atoms with Crippen LogP contribution in [0, 0.1) is 0 Å². The average Bonchev–Trinajstić information content (AvgIpc) is 2.50. The number of carboxylic acid groups (broad SMARTS) is 1. The fraction of sp³-hybridized carbons (Fsp3) is 0.889. The van der Waals surface area contributed by atoms with Gasteiger partial charge in [0, 0.05) is 12.6 Å². The smallest absolute Gasteiger partial charge is 0.305 e. The molecule has 13 heavy (non-hydrogen) atoms. The highest BCUT2D eigenvalue weighted by atomic mass is 16.5. The summed E-state index contributed by atoms with van der Waals surface area (Å²) in [6.07, 6.45) is 2.30. The molecular weight excluding hydrogens is 170 g/mol. The summed E-state index contributed by atoms with van der Waals surface area (Å²) < 4.78 is 5.47. The molecule has 1 aliphatic rings. The van der Waals surface area contributed by atoms with Gasteiger partial charge in [0.05, 0.1) is 12.5 Å². The summed E-state index contributed by atoms with van der Waals surface area (Å²) in [5.74, 6) is -0.755. The molecule has 1 heterocycles. The maximum absolute atomic E-state index is 10.6. The topological polar surface area (TPSA) is 49.8 Å². The van der Waals surface area contributed by atoms with Crippen LogP contribution in [0.2, 0.25) is 0 Å². The molecule has 1 fully saturated rings. The molecule has 0 radical (unpaired) electrons. The lowest BCUT2D eigenvalue weighted by Gasteiger charge is -2.27. The van der Waals surface area contributed by atoms with Crippen molar-refractivity contribution in [2.24, 2.45) is 0 Å². The minimum Gasteiger partial charge on any atom is -0.481 e. The molecule has 0 saturated carbocycles. The molecule has 1 N–H and O–H groups in total. The lowest BCUT2D eigenvalue weighted by Crippen LogP contribution is -2.40. The third kappa shape index (κ3) is 2.97. The Bertz CT molecular complexity index is 176. The first-order valence-corrected chi connectivity index (χ1v) is 4.61. The Morgan fingerprint density at radius 1 is 1.69 bits per heavy atom. The standard InChI is InChI=1S/C9H17NO3/c1-10(2)7(6-9(11)12)8-4-3-5-13-8/h7-8H,3-6H2,1-2H3,(H,11,12). The molecule has 76 valence electrons.